The minimum atomic E-state index is -0.173. The third-order valence-electron chi connectivity index (χ3n) is 2.72. The summed E-state index contributed by atoms with van der Waals surface area (Å²) in [7, 11) is 0. The summed E-state index contributed by atoms with van der Waals surface area (Å²) in [6.07, 6.45) is 1.83. The summed E-state index contributed by atoms with van der Waals surface area (Å²) in [5, 5.41) is 0. The van der Waals surface area contributed by atoms with Crippen LogP contribution in [0.25, 0.3) is 0 Å². The predicted octanol–water partition coefficient (Wildman–Crippen LogP) is 4.21. The van der Waals surface area contributed by atoms with E-state index in [0.29, 0.717) is 26.4 Å². The Morgan fingerprint density at radius 1 is 1.45 bits per heavy atom. The number of furan rings is 1. The van der Waals surface area contributed by atoms with Crippen molar-refractivity contribution < 1.29 is 18.6 Å². The topological polar surface area (TPSA) is 40.8 Å². The summed E-state index contributed by atoms with van der Waals surface area (Å²) in [4.78, 5) is 0. The van der Waals surface area contributed by atoms with Gasteiger partial charge < -0.3 is 18.6 Å². The van der Waals surface area contributed by atoms with Crippen LogP contribution in [0.4, 0.5) is 0 Å². The first-order chi connectivity index (χ1) is 9.52. The first-order valence-electron chi connectivity index (χ1n) is 6.74. The van der Waals surface area contributed by atoms with E-state index in [9.17, 15) is 0 Å². The van der Waals surface area contributed by atoms with E-state index >= 15 is 0 Å². The Morgan fingerprint density at radius 3 is 2.80 bits per heavy atom. The average molecular weight is 347 g/mol. The number of hydrogen-bond acceptors (Lipinski definition) is 4. The van der Waals surface area contributed by atoms with Gasteiger partial charge >= 0.3 is 0 Å². The normalized spacial score (nSPS) is 13.8. The fourth-order valence-electron chi connectivity index (χ4n) is 1.59. The second-order valence-corrected chi connectivity index (χ2v) is 5.34. The van der Waals surface area contributed by atoms with Crippen molar-refractivity contribution in [2.45, 2.75) is 40.6 Å². The minimum absolute atomic E-state index is 0.173. The Kier molecular flexibility index (Phi) is 8.14. The van der Waals surface area contributed by atoms with Crippen molar-refractivity contribution in [2.75, 3.05) is 19.8 Å². The van der Waals surface area contributed by atoms with E-state index in [1.165, 1.54) is 0 Å². The highest BCUT2D eigenvalue weighted by Gasteiger charge is 2.05. The summed E-state index contributed by atoms with van der Waals surface area (Å²) in [5.41, 5.74) is 2.21. The van der Waals surface area contributed by atoms with E-state index in [2.05, 4.69) is 15.9 Å². The monoisotopic (exact) mass is 346 g/mol. The number of hydrogen-bond donors (Lipinski definition) is 0. The molecule has 0 saturated carbocycles. The highest BCUT2D eigenvalue weighted by atomic mass is 79.9. The van der Waals surface area contributed by atoms with Gasteiger partial charge in [-0.2, -0.15) is 0 Å². The molecule has 0 aromatic carbocycles. The Hall–Kier alpha value is -0.620. The molecule has 4 nitrogen and oxygen atoms in total. The molecular formula is C15H23BrO4. The Labute approximate surface area is 129 Å². The number of halogens is 1. The van der Waals surface area contributed by atoms with E-state index in [4.69, 9.17) is 18.6 Å². The van der Waals surface area contributed by atoms with Crippen molar-refractivity contribution in [1.29, 1.82) is 0 Å². The van der Waals surface area contributed by atoms with Gasteiger partial charge in [-0.1, -0.05) is 6.08 Å². The van der Waals surface area contributed by atoms with Crippen LogP contribution in [0.3, 0.4) is 0 Å². The molecule has 1 rings (SSSR count). The zero-order valence-electron chi connectivity index (χ0n) is 12.6. The first kappa shape index (κ1) is 17.4. The van der Waals surface area contributed by atoms with Crippen LogP contribution < -0.4 is 0 Å². The average Bonchev–Trinajstić information content (AvgIpc) is 2.68. The lowest BCUT2D eigenvalue weighted by molar-refractivity contribution is -0.118. The van der Waals surface area contributed by atoms with Crippen LogP contribution in [0.1, 0.15) is 32.1 Å². The molecule has 0 amide bonds. The molecule has 0 fully saturated rings. The Balaban J connectivity index is 2.22. The molecule has 0 radical (unpaired) electrons. The first-order valence-corrected chi connectivity index (χ1v) is 7.53. The van der Waals surface area contributed by atoms with Crippen LogP contribution in [0.15, 0.2) is 26.8 Å². The van der Waals surface area contributed by atoms with Crippen molar-refractivity contribution >= 4 is 15.9 Å². The Morgan fingerprint density at radius 2 is 2.20 bits per heavy atom. The standard InChI is InChI=1S/C15H23BrO4/c1-5-18-13(4)19-7-6-11(2)9-17-10-14-12(3)8-15(16)20-14/h6,8,13H,5,7,9-10H2,1-4H3/b11-6+. The highest BCUT2D eigenvalue weighted by molar-refractivity contribution is 9.10. The Bertz CT molecular complexity index is 426. The van der Waals surface area contributed by atoms with Gasteiger partial charge in [0.2, 0.25) is 0 Å². The van der Waals surface area contributed by atoms with Crippen LogP contribution in [0, 0.1) is 6.92 Å². The molecule has 1 aromatic rings. The van der Waals surface area contributed by atoms with E-state index in [-0.39, 0.29) is 6.29 Å². The molecule has 114 valence electrons. The lowest BCUT2D eigenvalue weighted by atomic mass is 10.3. The van der Waals surface area contributed by atoms with Crippen molar-refractivity contribution in [1.82, 2.24) is 0 Å². The largest absolute Gasteiger partial charge is 0.452 e. The van der Waals surface area contributed by atoms with Crippen LogP contribution >= 0.6 is 15.9 Å². The second kappa shape index (κ2) is 9.34. The lowest BCUT2D eigenvalue weighted by Gasteiger charge is -2.11. The fourth-order valence-corrected chi connectivity index (χ4v) is 2.13. The maximum atomic E-state index is 5.61. The number of ether oxygens (including phenoxy) is 3. The van der Waals surface area contributed by atoms with E-state index in [1.807, 2.05) is 39.8 Å². The van der Waals surface area contributed by atoms with Crippen molar-refractivity contribution in [3.05, 3.63) is 33.7 Å². The van der Waals surface area contributed by atoms with E-state index in [1.54, 1.807) is 0 Å². The number of aryl methyl sites for hydroxylation is 1. The van der Waals surface area contributed by atoms with Gasteiger partial charge in [0.25, 0.3) is 0 Å². The molecule has 0 aliphatic rings. The smallest absolute Gasteiger partial charge is 0.169 e. The van der Waals surface area contributed by atoms with Crippen molar-refractivity contribution in [3.63, 3.8) is 0 Å². The van der Waals surface area contributed by atoms with Crippen LogP contribution in [0.2, 0.25) is 0 Å². The van der Waals surface area contributed by atoms with Gasteiger partial charge in [0, 0.05) is 6.61 Å². The van der Waals surface area contributed by atoms with Gasteiger partial charge in [-0.25, -0.2) is 0 Å². The van der Waals surface area contributed by atoms with E-state index in [0.717, 1.165) is 21.6 Å². The molecule has 0 N–H and O–H groups in total. The summed E-state index contributed by atoms with van der Waals surface area (Å²) >= 11 is 3.30. The minimum Gasteiger partial charge on any atom is -0.452 e. The van der Waals surface area contributed by atoms with Gasteiger partial charge in [-0.15, -0.1) is 0 Å². The molecule has 1 unspecified atom stereocenters. The third kappa shape index (κ3) is 6.70. The molecule has 5 heteroatoms. The molecule has 0 spiro atoms. The van der Waals surface area contributed by atoms with Crippen molar-refractivity contribution in [2.24, 2.45) is 0 Å². The molecule has 0 aliphatic carbocycles. The zero-order valence-corrected chi connectivity index (χ0v) is 14.2. The van der Waals surface area contributed by atoms with Crippen LogP contribution in [-0.4, -0.2) is 26.1 Å². The highest BCUT2D eigenvalue weighted by Crippen LogP contribution is 2.20. The van der Waals surface area contributed by atoms with Crippen molar-refractivity contribution in [3.8, 4) is 0 Å². The molecule has 1 atom stereocenters. The van der Waals surface area contributed by atoms with Gasteiger partial charge in [-0.3, -0.25) is 0 Å². The SMILES string of the molecule is CCOC(C)OC/C=C(\C)COCc1oc(Br)cc1C. The molecule has 0 bridgehead atoms. The van der Waals surface area contributed by atoms with Gasteiger partial charge in [0.1, 0.15) is 12.4 Å². The molecule has 0 saturated heterocycles. The summed E-state index contributed by atoms with van der Waals surface area (Å²) in [6, 6.07) is 1.93. The molecule has 1 heterocycles. The summed E-state index contributed by atoms with van der Waals surface area (Å²) < 4.78 is 22.6. The second-order valence-electron chi connectivity index (χ2n) is 4.56. The molecule has 20 heavy (non-hydrogen) atoms. The third-order valence-corrected chi connectivity index (χ3v) is 3.11. The van der Waals surface area contributed by atoms with E-state index < -0.39 is 0 Å². The van der Waals surface area contributed by atoms with Gasteiger partial charge in [-0.05, 0) is 60.8 Å². The zero-order chi connectivity index (χ0) is 15.0. The number of rotatable bonds is 9. The summed E-state index contributed by atoms with van der Waals surface area (Å²) in [6.45, 7) is 10.1. The molecule has 1 aromatic heterocycles. The molecular weight excluding hydrogens is 324 g/mol. The quantitative estimate of drug-likeness (QED) is 0.496. The van der Waals surface area contributed by atoms with Gasteiger partial charge in [0.15, 0.2) is 11.0 Å². The summed E-state index contributed by atoms with van der Waals surface area (Å²) in [5.74, 6) is 0.853. The molecule has 0 aliphatic heterocycles. The fraction of sp³-hybridized carbons (Fsp3) is 0.600. The maximum Gasteiger partial charge on any atom is 0.169 e. The lowest BCUT2D eigenvalue weighted by Crippen LogP contribution is -2.12. The van der Waals surface area contributed by atoms with Gasteiger partial charge in [0.05, 0.1) is 13.2 Å². The maximum absolute atomic E-state index is 5.61. The van der Waals surface area contributed by atoms with Crippen LogP contribution in [-0.2, 0) is 20.8 Å². The van der Waals surface area contributed by atoms with Crippen LogP contribution in [0.5, 0.6) is 0 Å². The predicted molar refractivity (Wildman–Crippen MR) is 81.6 cm³/mol.